The largest absolute Gasteiger partial charge is 0.488 e. The number of rotatable bonds is 5. The number of nitrogens with one attached hydrogen (secondary N) is 1. The van der Waals surface area contributed by atoms with Crippen LogP contribution in [-0.4, -0.2) is 30.8 Å². The summed E-state index contributed by atoms with van der Waals surface area (Å²) in [6, 6.07) is 22.0. The second-order valence-corrected chi connectivity index (χ2v) is 10.7. The van der Waals surface area contributed by atoms with Gasteiger partial charge in [0.05, 0.1) is 10.9 Å². The summed E-state index contributed by atoms with van der Waals surface area (Å²) in [5, 5.41) is 16.8. The van der Waals surface area contributed by atoms with E-state index in [1.54, 1.807) is 44.2 Å². The molecule has 0 heterocycles. The molecule has 0 aliphatic rings. The molecule has 5 nitrogen and oxygen atoms in total. The number of hydrogen-bond donors (Lipinski definition) is 3. The van der Waals surface area contributed by atoms with Crippen LogP contribution in [0.4, 0.5) is 5.69 Å². The van der Waals surface area contributed by atoms with Gasteiger partial charge in [-0.05, 0) is 55.2 Å². The first kappa shape index (κ1) is 24.6. The Morgan fingerprint density at radius 3 is 1.83 bits per heavy atom. The number of halogens is 2. The lowest BCUT2D eigenvalue weighted by molar-refractivity contribution is 0.426. The molecule has 0 aliphatic heterocycles. The summed E-state index contributed by atoms with van der Waals surface area (Å²) in [5.74, 6) is 0. The molecule has 0 fully saturated rings. The molecule has 0 saturated heterocycles. The molecule has 0 unspecified atom stereocenters. The van der Waals surface area contributed by atoms with Gasteiger partial charge < -0.3 is 10.0 Å². The van der Waals surface area contributed by atoms with Crippen LogP contribution in [0.1, 0.15) is 13.8 Å². The fourth-order valence-corrected chi connectivity index (χ4v) is 3.61. The lowest BCUT2D eigenvalue weighted by Crippen LogP contribution is -2.29. The van der Waals surface area contributed by atoms with E-state index in [4.69, 9.17) is 10.0 Å². The number of benzene rings is 3. The highest BCUT2D eigenvalue weighted by Gasteiger charge is 2.17. The van der Waals surface area contributed by atoms with Crippen LogP contribution in [-0.2, 0) is 10.0 Å². The highest BCUT2D eigenvalue weighted by molar-refractivity contribution is 9.10. The van der Waals surface area contributed by atoms with Gasteiger partial charge in [-0.2, -0.15) is 0 Å². The van der Waals surface area contributed by atoms with Gasteiger partial charge in [-0.1, -0.05) is 74.3 Å². The maximum atomic E-state index is 12.0. The van der Waals surface area contributed by atoms with Crippen molar-refractivity contribution < 1.29 is 18.5 Å². The molecule has 0 atom stereocenters. The van der Waals surface area contributed by atoms with Crippen LogP contribution in [0.15, 0.2) is 81.7 Å². The molecule has 0 radical (unpaired) electrons. The van der Waals surface area contributed by atoms with Crippen LogP contribution in [0.5, 0.6) is 0 Å². The van der Waals surface area contributed by atoms with Gasteiger partial charge in [0, 0.05) is 14.5 Å². The molecular weight excluding hydrogens is 533 g/mol. The molecule has 3 N–H and O–H groups in total. The van der Waals surface area contributed by atoms with Gasteiger partial charge in [0.1, 0.15) is 0 Å². The zero-order valence-corrected chi connectivity index (χ0v) is 20.4. The van der Waals surface area contributed by atoms with Crippen molar-refractivity contribution in [1.29, 1.82) is 0 Å². The summed E-state index contributed by atoms with van der Waals surface area (Å²) < 4.78 is 28.6. The minimum Gasteiger partial charge on any atom is -0.423 e. The maximum absolute atomic E-state index is 12.0. The van der Waals surface area contributed by atoms with Crippen LogP contribution in [0.25, 0.3) is 11.1 Å². The van der Waals surface area contributed by atoms with E-state index in [9.17, 15) is 8.42 Å². The molecular formula is C21H22BBr2NO4S. The van der Waals surface area contributed by atoms with Crippen molar-refractivity contribution in [1.82, 2.24) is 0 Å². The summed E-state index contributed by atoms with van der Waals surface area (Å²) in [4.78, 5) is 0. The predicted molar refractivity (Wildman–Crippen MR) is 131 cm³/mol. The Morgan fingerprint density at radius 1 is 0.833 bits per heavy atom. The van der Waals surface area contributed by atoms with Gasteiger partial charge in [-0.3, -0.25) is 4.72 Å². The van der Waals surface area contributed by atoms with Gasteiger partial charge in [0.2, 0.25) is 10.0 Å². The first-order valence-electron chi connectivity index (χ1n) is 9.08. The van der Waals surface area contributed by atoms with Crippen LogP contribution in [0.3, 0.4) is 0 Å². The molecule has 3 aromatic carbocycles. The first-order chi connectivity index (χ1) is 14.1. The molecule has 0 spiro atoms. The quantitative estimate of drug-likeness (QED) is 0.408. The molecule has 3 rings (SSSR count). The van der Waals surface area contributed by atoms with E-state index < -0.39 is 22.4 Å². The minimum atomic E-state index is -3.35. The van der Waals surface area contributed by atoms with E-state index in [0.29, 0.717) is 11.2 Å². The Labute approximate surface area is 194 Å². The Bertz CT molecular complexity index is 1060. The monoisotopic (exact) mass is 553 g/mol. The Kier molecular flexibility index (Phi) is 9.12. The van der Waals surface area contributed by atoms with E-state index in [-0.39, 0.29) is 0 Å². The fraction of sp³-hybridized carbons (Fsp3) is 0.143. The Balaban J connectivity index is 0.000000269. The van der Waals surface area contributed by atoms with Gasteiger partial charge in [-0.15, -0.1) is 0 Å². The van der Waals surface area contributed by atoms with Crippen molar-refractivity contribution in [3.63, 3.8) is 0 Å². The van der Waals surface area contributed by atoms with Gasteiger partial charge in [0.15, 0.2) is 0 Å². The van der Waals surface area contributed by atoms with Gasteiger partial charge >= 0.3 is 7.12 Å². The van der Waals surface area contributed by atoms with Crippen molar-refractivity contribution in [2.45, 2.75) is 19.1 Å². The zero-order chi connectivity index (χ0) is 22.3. The zero-order valence-electron chi connectivity index (χ0n) is 16.5. The average Bonchev–Trinajstić information content (AvgIpc) is 2.69. The molecule has 0 aromatic heterocycles. The second kappa shape index (κ2) is 11.1. The number of anilines is 1. The third kappa shape index (κ3) is 7.25. The molecule has 30 heavy (non-hydrogen) atoms. The normalized spacial score (nSPS) is 10.9. The topological polar surface area (TPSA) is 86.6 Å². The Morgan fingerprint density at radius 2 is 1.33 bits per heavy atom. The van der Waals surface area contributed by atoms with E-state index in [1.807, 2.05) is 42.5 Å². The number of para-hydroxylation sites is 1. The van der Waals surface area contributed by atoms with Crippen LogP contribution < -0.4 is 10.2 Å². The third-order valence-corrected chi connectivity index (χ3v) is 6.93. The molecule has 158 valence electrons. The van der Waals surface area contributed by atoms with Crippen LogP contribution in [0, 0.1) is 0 Å². The smallest absolute Gasteiger partial charge is 0.423 e. The second-order valence-electron chi connectivity index (χ2n) is 6.67. The van der Waals surface area contributed by atoms with Crippen LogP contribution >= 0.6 is 31.9 Å². The molecule has 0 amide bonds. The van der Waals surface area contributed by atoms with Crippen molar-refractivity contribution in [3.05, 3.63) is 81.7 Å². The van der Waals surface area contributed by atoms with Crippen molar-refractivity contribution in [3.8, 4) is 11.1 Å². The number of hydrogen-bond acceptors (Lipinski definition) is 4. The summed E-state index contributed by atoms with van der Waals surface area (Å²) in [6.07, 6.45) is 0. The summed E-state index contributed by atoms with van der Waals surface area (Å²) in [5.41, 5.74) is 2.94. The van der Waals surface area contributed by atoms with E-state index in [2.05, 4.69) is 36.6 Å². The Hall–Kier alpha value is -1.65. The third-order valence-electron chi connectivity index (χ3n) is 4.12. The van der Waals surface area contributed by atoms with Crippen molar-refractivity contribution >= 4 is 60.2 Å². The molecule has 0 bridgehead atoms. The SMILES string of the molecule is CC(C)S(=O)(=O)Nc1ccccc1-c1ccc(Br)cc1.OB(O)c1ccc(Br)cc1. The fourth-order valence-electron chi connectivity index (χ4n) is 2.36. The molecule has 9 heteroatoms. The van der Waals surface area contributed by atoms with E-state index in [1.165, 1.54) is 0 Å². The van der Waals surface area contributed by atoms with Gasteiger partial charge in [-0.25, -0.2) is 8.42 Å². The van der Waals surface area contributed by atoms with Crippen LogP contribution in [0.2, 0.25) is 0 Å². The highest BCUT2D eigenvalue weighted by atomic mass is 79.9. The predicted octanol–water partition coefficient (Wildman–Crippen LogP) is 4.40. The van der Waals surface area contributed by atoms with Crippen molar-refractivity contribution in [2.24, 2.45) is 0 Å². The summed E-state index contributed by atoms with van der Waals surface area (Å²) >= 11 is 6.62. The lowest BCUT2D eigenvalue weighted by atomic mass is 9.81. The van der Waals surface area contributed by atoms with Crippen molar-refractivity contribution in [2.75, 3.05) is 4.72 Å². The molecule has 3 aromatic rings. The standard InChI is InChI=1S/C15H16BrNO2S.C6H6BBrO2/c1-11(2)20(18,19)17-15-6-4-3-5-14(15)12-7-9-13(16)10-8-12;8-6-3-1-5(2-4-6)7(9)10/h3-11,17H,1-2H3;1-4,9-10H. The van der Waals surface area contributed by atoms with E-state index >= 15 is 0 Å². The first-order valence-corrected chi connectivity index (χ1v) is 12.2. The molecule has 0 saturated carbocycles. The average molecular weight is 555 g/mol. The van der Waals surface area contributed by atoms with Gasteiger partial charge in [0.25, 0.3) is 0 Å². The molecule has 0 aliphatic carbocycles. The maximum Gasteiger partial charge on any atom is 0.488 e. The summed E-state index contributed by atoms with van der Waals surface area (Å²) in [6.45, 7) is 3.31. The lowest BCUT2D eigenvalue weighted by Gasteiger charge is -2.14. The van der Waals surface area contributed by atoms with E-state index in [0.717, 1.165) is 20.1 Å². The number of sulfonamides is 1. The summed E-state index contributed by atoms with van der Waals surface area (Å²) in [7, 11) is -4.72. The highest BCUT2D eigenvalue weighted by Crippen LogP contribution is 2.29. The minimum absolute atomic E-state index is 0.472.